The minimum Gasteiger partial charge on any atom is -0.475 e. The normalized spacial score (nSPS) is 14.7. The number of carbonyl (C=O) groups excluding carboxylic acids is 3. The number of alkyl halides is 6. The topological polar surface area (TPSA) is 168 Å². The predicted octanol–water partition coefficient (Wildman–Crippen LogP) is 2.35. The number of nitrogens with two attached hydrogens (primary N) is 1. The monoisotopic (exact) mass is 621 g/mol. The molecule has 0 bridgehead atoms. The Morgan fingerprint density at radius 3 is 1.70 bits per heavy atom. The first-order chi connectivity index (χ1) is 20.0. The van der Waals surface area contributed by atoms with Gasteiger partial charge in [0, 0.05) is 55.1 Å². The van der Waals surface area contributed by atoms with E-state index in [-0.39, 0.29) is 18.1 Å². The molecule has 4 N–H and O–H groups in total. The van der Waals surface area contributed by atoms with E-state index in [1.807, 2.05) is 12.1 Å². The van der Waals surface area contributed by atoms with Crippen molar-refractivity contribution in [1.82, 2.24) is 4.90 Å². The van der Waals surface area contributed by atoms with Crippen molar-refractivity contribution in [2.75, 3.05) is 50.8 Å². The summed E-state index contributed by atoms with van der Waals surface area (Å²) in [6, 6.07) is 12.5. The van der Waals surface area contributed by atoms with Gasteiger partial charge in [0.1, 0.15) is 6.61 Å². The molecule has 2 aromatic carbocycles. The van der Waals surface area contributed by atoms with Crippen molar-refractivity contribution in [3.05, 3.63) is 64.7 Å². The first-order valence-corrected chi connectivity index (χ1v) is 12.2. The number of ether oxygens (including phenoxy) is 1. The van der Waals surface area contributed by atoms with E-state index in [1.54, 1.807) is 30.3 Å². The van der Waals surface area contributed by atoms with Crippen LogP contribution in [0, 0.1) is 0 Å². The van der Waals surface area contributed by atoms with E-state index >= 15 is 0 Å². The number of piperazine rings is 1. The van der Waals surface area contributed by atoms with Gasteiger partial charge in [-0.1, -0.05) is 36.4 Å². The molecule has 4 rings (SSSR count). The maximum atomic E-state index is 13.2. The quantitative estimate of drug-likeness (QED) is 0.283. The smallest absolute Gasteiger partial charge is 0.475 e. The Bertz CT molecular complexity index is 1330. The van der Waals surface area contributed by atoms with Crippen molar-refractivity contribution >= 4 is 35.2 Å². The average Bonchev–Trinajstić information content (AvgIpc) is 2.95. The number of hydrogen-bond acceptors (Lipinski definition) is 9. The molecule has 1 saturated heterocycles. The summed E-state index contributed by atoms with van der Waals surface area (Å²) in [5, 5.41) is 14.2. The maximum absolute atomic E-state index is 13.2. The van der Waals surface area contributed by atoms with Gasteiger partial charge in [0.05, 0.1) is 12.1 Å². The summed E-state index contributed by atoms with van der Waals surface area (Å²) in [5.74, 6) is -6.11. The predicted molar refractivity (Wildman–Crippen MR) is 136 cm³/mol. The molecule has 234 valence electrons. The molecule has 2 aromatic rings. The van der Waals surface area contributed by atoms with Gasteiger partial charge in [0.2, 0.25) is 0 Å². The third kappa shape index (κ3) is 9.50. The first-order valence-electron chi connectivity index (χ1n) is 12.2. The van der Waals surface area contributed by atoms with Crippen molar-refractivity contribution in [2.45, 2.75) is 12.4 Å². The number of halogens is 6. The summed E-state index contributed by atoms with van der Waals surface area (Å²) >= 11 is 0. The molecule has 2 aliphatic rings. The van der Waals surface area contributed by atoms with Gasteiger partial charge < -0.3 is 25.6 Å². The molecule has 0 atom stereocenters. The number of carbonyl (C=O) groups is 5. The Labute approximate surface area is 239 Å². The van der Waals surface area contributed by atoms with Crippen LogP contribution in [0.5, 0.6) is 0 Å². The Morgan fingerprint density at radius 1 is 0.767 bits per heavy atom. The van der Waals surface area contributed by atoms with Crippen LogP contribution >= 0.6 is 0 Å². The lowest BCUT2D eigenvalue weighted by Gasteiger charge is -2.37. The molecule has 0 radical (unpaired) electrons. The van der Waals surface area contributed by atoms with Crippen LogP contribution in [0.25, 0.3) is 0 Å². The lowest BCUT2D eigenvalue weighted by atomic mass is 9.83. The molecule has 0 spiro atoms. The number of aliphatic carboxylic acids is 2. The van der Waals surface area contributed by atoms with Crippen LogP contribution in [-0.2, 0) is 19.1 Å². The highest BCUT2D eigenvalue weighted by Crippen LogP contribution is 2.34. The van der Waals surface area contributed by atoms with Gasteiger partial charge in [-0.25, -0.2) is 9.59 Å². The Kier molecular flexibility index (Phi) is 11.8. The van der Waals surface area contributed by atoms with E-state index in [4.69, 9.17) is 30.3 Å². The summed E-state index contributed by atoms with van der Waals surface area (Å²) in [5.41, 5.74) is 7.96. The highest BCUT2D eigenvalue weighted by atomic mass is 19.4. The minimum absolute atomic E-state index is 0.0954. The number of anilines is 1. The summed E-state index contributed by atoms with van der Waals surface area (Å²) in [4.78, 5) is 59.4. The molecule has 43 heavy (non-hydrogen) atoms. The zero-order chi connectivity index (χ0) is 32.5. The van der Waals surface area contributed by atoms with Crippen molar-refractivity contribution in [2.24, 2.45) is 5.73 Å². The van der Waals surface area contributed by atoms with E-state index in [0.29, 0.717) is 35.4 Å². The van der Waals surface area contributed by atoms with E-state index in [1.165, 1.54) is 0 Å². The zero-order valence-corrected chi connectivity index (χ0v) is 22.1. The lowest BCUT2D eigenvalue weighted by molar-refractivity contribution is -0.193. The number of carboxylic acids is 2. The molecule has 0 saturated carbocycles. The number of carboxylic acid groups (broad SMARTS) is 2. The van der Waals surface area contributed by atoms with Gasteiger partial charge in [-0.15, -0.1) is 0 Å². The van der Waals surface area contributed by atoms with Crippen molar-refractivity contribution < 1.29 is 65.3 Å². The molecule has 0 unspecified atom stereocenters. The van der Waals surface area contributed by atoms with E-state index in [2.05, 4.69) is 9.80 Å². The molecule has 0 aromatic heterocycles. The number of fused-ring (bicyclic) bond motifs is 2. The summed E-state index contributed by atoms with van der Waals surface area (Å²) in [6.07, 6.45) is -10.2. The highest BCUT2D eigenvalue weighted by molar-refractivity contribution is 6.30. The summed E-state index contributed by atoms with van der Waals surface area (Å²) in [7, 11) is 0. The Hall–Kier alpha value is -4.51. The van der Waals surface area contributed by atoms with Crippen LogP contribution in [0.4, 0.5) is 32.0 Å². The second-order valence-electron chi connectivity index (χ2n) is 8.76. The molecule has 17 heteroatoms. The van der Waals surface area contributed by atoms with Crippen molar-refractivity contribution in [3.8, 4) is 0 Å². The van der Waals surface area contributed by atoms with Gasteiger partial charge in [-0.3, -0.25) is 19.3 Å². The molecule has 1 fully saturated rings. The minimum atomic E-state index is -5.08. The van der Waals surface area contributed by atoms with E-state index < -0.39 is 30.3 Å². The number of nitrogens with zero attached hydrogens (tertiary/aromatic N) is 2. The van der Waals surface area contributed by atoms with Gasteiger partial charge in [0.15, 0.2) is 11.6 Å². The van der Waals surface area contributed by atoms with E-state index in [9.17, 15) is 40.7 Å². The van der Waals surface area contributed by atoms with Gasteiger partial charge in [0.25, 0.3) is 0 Å². The third-order valence-corrected chi connectivity index (χ3v) is 5.97. The van der Waals surface area contributed by atoms with Crippen LogP contribution in [0.3, 0.4) is 0 Å². The van der Waals surface area contributed by atoms with Gasteiger partial charge >= 0.3 is 30.3 Å². The number of ketones is 2. The van der Waals surface area contributed by atoms with Crippen molar-refractivity contribution in [1.29, 1.82) is 0 Å². The van der Waals surface area contributed by atoms with E-state index in [0.717, 1.165) is 31.9 Å². The highest BCUT2D eigenvalue weighted by Gasteiger charge is 2.39. The molecular weight excluding hydrogens is 596 g/mol. The van der Waals surface area contributed by atoms with Crippen LogP contribution in [0.15, 0.2) is 42.5 Å². The largest absolute Gasteiger partial charge is 0.490 e. The standard InChI is InChI=1S/C22H23N3O4.2C2HF3O2/c23-14-19(26)29-13-12-24-8-10-25(11-9-24)18-7-3-6-17-20(18)22(28)16-5-2-1-4-15(16)21(17)27;2*3-2(4,5)1(6)7/h1-7H,8-14,23H2;2*(H,6,7). The Balaban J connectivity index is 0.000000384. The average molecular weight is 621 g/mol. The first kappa shape index (κ1) is 34.7. The number of rotatable bonds is 5. The zero-order valence-electron chi connectivity index (χ0n) is 22.1. The van der Waals surface area contributed by atoms with Crippen LogP contribution in [-0.4, -0.2) is 103 Å². The number of esters is 1. The molecular formula is C26H25F6N3O8. The van der Waals surface area contributed by atoms with Crippen LogP contribution in [0.2, 0.25) is 0 Å². The fourth-order valence-electron chi connectivity index (χ4n) is 3.95. The SMILES string of the molecule is NCC(=O)OCCN1CCN(c2cccc3c2C(=O)c2ccccc2C3=O)CC1.O=C(O)C(F)(F)F.O=C(O)C(F)(F)F. The number of hydrogen-bond donors (Lipinski definition) is 3. The fourth-order valence-corrected chi connectivity index (χ4v) is 3.95. The second kappa shape index (κ2) is 14.6. The number of benzene rings is 2. The van der Waals surface area contributed by atoms with Crippen molar-refractivity contribution in [3.63, 3.8) is 0 Å². The second-order valence-corrected chi connectivity index (χ2v) is 8.76. The lowest BCUT2D eigenvalue weighted by Crippen LogP contribution is -2.48. The van der Waals surface area contributed by atoms with Gasteiger partial charge in [-0.05, 0) is 6.07 Å². The molecule has 1 heterocycles. The Morgan fingerprint density at radius 2 is 1.23 bits per heavy atom. The molecule has 11 nitrogen and oxygen atoms in total. The molecule has 1 aliphatic heterocycles. The summed E-state index contributed by atoms with van der Waals surface area (Å²) < 4.78 is 68.5. The van der Waals surface area contributed by atoms with Crippen LogP contribution in [0.1, 0.15) is 31.8 Å². The molecule has 1 aliphatic carbocycles. The fraction of sp³-hybridized carbons (Fsp3) is 0.346. The maximum Gasteiger partial charge on any atom is 0.490 e. The molecule has 0 amide bonds. The van der Waals surface area contributed by atoms with Crippen LogP contribution < -0.4 is 10.6 Å². The summed E-state index contributed by atoms with van der Waals surface area (Å²) in [6.45, 7) is 3.88. The third-order valence-electron chi connectivity index (χ3n) is 5.97. The van der Waals surface area contributed by atoms with Gasteiger partial charge in [-0.2, -0.15) is 26.3 Å².